The van der Waals surface area contributed by atoms with Crippen LogP contribution >= 0.6 is 0 Å². The zero-order valence-electron chi connectivity index (χ0n) is 12.3. The van der Waals surface area contributed by atoms with Crippen LogP contribution in [0.2, 0.25) is 0 Å². The molecule has 0 heterocycles. The van der Waals surface area contributed by atoms with Crippen molar-refractivity contribution in [3.8, 4) is 0 Å². The zero-order chi connectivity index (χ0) is 15.0. The van der Waals surface area contributed by atoms with E-state index in [9.17, 15) is 9.59 Å². The van der Waals surface area contributed by atoms with Crippen molar-refractivity contribution in [2.24, 2.45) is 0 Å². The fourth-order valence-electron chi connectivity index (χ4n) is 1.74. The molecule has 110 valence electrons. The molecule has 1 rings (SSSR count). The van der Waals surface area contributed by atoms with Gasteiger partial charge in [-0.05, 0) is 38.7 Å². The molecule has 0 aliphatic rings. The lowest BCUT2D eigenvalue weighted by molar-refractivity contribution is -0.142. The van der Waals surface area contributed by atoms with E-state index in [4.69, 9.17) is 4.74 Å². The van der Waals surface area contributed by atoms with Gasteiger partial charge in [-0.3, -0.25) is 9.59 Å². The molecule has 5 heteroatoms. The SMILES string of the molecule is CCOC(=O)CCNC(=O)c1ccc(CN(C)C)cc1. The van der Waals surface area contributed by atoms with Crippen LogP contribution in [0.4, 0.5) is 0 Å². The maximum absolute atomic E-state index is 11.8. The summed E-state index contributed by atoms with van der Waals surface area (Å²) in [7, 11) is 3.99. The average molecular weight is 278 g/mol. The quantitative estimate of drug-likeness (QED) is 0.767. The van der Waals surface area contributed by atoms with Gasteiger partial charge in [-0.2, -0.15) is 0 Å². The lowest BCUT2D eigenvalue weighted by Crippen LogP contribution is -2.26. The molecular formula is C15H22N2O3. The first kappa shape index (κ1) is 16.2. The summed E-state index contributed by atoms with van der Waals surface area (Å²) < 4.78 is 4.79. The molecule has 1 N–H and O–H groups in total. The van der Waals surface area contributed by atoms with E-state index in [1.165, 1.54) is 0 Å². The maximum Gasteiger partial charge on any atom is 0.307 e. The fraction of sp³-hybridized carbons (Fsp3) is 0.467. The normalized spacial score (nSPS) is 10.4. The summed E-state index contributed by atoms with van der Waals surface area (Å²) in [5.74, 6) is -0.472. The Kier molecular flexibility index (Phi) is 6.73. The molecule has 0 aromatic heterocycles. The third kappa shape index (κ3) is 5.84. The number of carbonyl (C=O) groups excluding carboxylic acids is 2. The van der Waals surface area contributed by atoms with E-state index in [-0.39, 0.29) is 24.8 Å². The number of ether oxygens (including phenoxy) is 1. The first-order valence-corrected chi connectivity index (χ1v) is 6.70. The van der Waals surface area contributed by atoms with E-state index in [2.05, 4.69) is 10.2 Å². The van der Waals surface area contributed by atoms with Crippen LogP contribution in [0, 0.1) is 0 Å². The van der Waals surface area contributed by atoms with Crippen LogP contribution in [0.25, 0.3) is 0 Å². The number of carbonyl (C=O) groups is 2. The molecule has 0 fully saturated rings. The van der Waals surface area contributed by atoms with Crippen molar-refractivity contribution in [3.63, 3.8) is 0 Å². The summed E-state index contributed by atoms with van der Waals surface area (Å²) in [5, 5.41) is 2.70. The van der Waals surface area contributed by atoms with Crippen molar-refractivity contribution in [1.82, 2.24) is 10.2 Å². The molecule has 0 aliphatic carbocycles. The molecule has 1 aromatic rings. The van der Waals surface area contributed by atoms with Gasteiger partial charge in [0.2, 0.25) is 0 Å². The van der Waals surface area contributed by atoms with Crippen molar-refractivity contribution in [1.29, 1.82) is 0 Å². The number of benzene rings is 1. The molecule has 0 bridgehead atoms. The number of nitrogens with one attached hydrogen (secondary N) is 1. The Labute approximate surface area is 119 Å². The second-order valence-electron chi connectivity index (χ2n) is 4.75. The molecule has 1 aromatic carbocycles. The summed E-state index contributed by atoms with van der Waals surface area (Å²) in [4.78, 5) is 25.0. The Balaban J connectivity index is 2.41. The van der Waals surface area contributed by atoms with Crippen molar-refractivity contribution in [3.05, 3.63) is 35.4 Å². The highest BCUT2D eigenvalue weighted by atomic mass is 16.5. The number of rotatable bonds is 7. The van der Waals surface area contributed by atoms with Gasteiger partial charge in [0, 0.05) is 18.7 Å². The number of amides is 1. The van der Waals surface area contributed by atoms with Crippen LogP contribution < -0.4 is 5.32 Å². The Morgan fingerprint density at radius 2 is 1.85 bits per heavy atom. The number of nitrogens with zero attached hydrogens (tertiary/aromatic N) is 1. The van der Waals surface area contributed by atoms with Gasteiger partial charge in [0.15, 0.2) is 0 Å². The third-order valence-electron chi connectivity index (χ3n) is 2.63. The molecule has 0 radical (unpaired) electrons. The monoisotopic (exact) mass is 278 g/mol. The Morgan fingerprint density at radius 1 is 1.20 bits per heavy atom. The van der Waals surface area contributed by atoms with Crippen molar-refractivity contribution in [2.45, 2.75) is 19.9 Å². The molecule has 0 saturated carbocycles. The molecule has 0 unspecified atom stereocenters. The Morgan fingerprint density at radius 3 is 2.40 bits per heavy atom. The van der Waals surface area contributed by atoms with Gasteiger partial charge >= 0.3 is 5.97 Å². The maximum atomic E-state index is 11.8. The minimum atomic E-state index is -0.297. The molecule has 20 heavy (non-hydrogen) atoms. The molecular weight excluding hydrogens is 256 g/mol. The lowest BCUT2D eigenvalue weighted by atomic mass is 10.1. The van der Waals surface area contributed by atoms with E-state index >= 15 is 0 Å². The van der Waals surface area contributed by atoms with Crippen LogP contribution in [0.3, 0.4) is 0 Å². The molecule has 0 aliphatic heterocycles. The van der Waals surface area contributed by atoms with Gasteiger partial charge in [0.05, 0.1) is 13.0 Å². The highest BCUT2D eigenvalue weighted by Gasteiger charge is 2.07. The Bertz CT molecular complexity index is 441. The topological polar surface area (TPSA) is 58.6 Å². The van der Waals surface area contributed by atoms with Crippen LogP contribution in [0.1, 0.15) is 29.3 Å². The van der Waals surface area contributed by atoms with Crippen molar-refractivity contribution in [2.75, 3.05) is 27.2 Å². The van der Waals surface area contributed by atoms with Gasteiger partial charge in [-0.15, -0.1) is 0 Å². The van der Waals surface area contributed by atoms with Crippen LogP contribution in [-0.4, -0.2) is 44.0 Å². The van der Waals surface area contributed by atoms with Crippen LogP contribution in [0.5, 0.6) is 0 Å². The minimum Gasteiger partial charge on any atom is -0.466 e. The smallest absolute Gasteiger partial charge is 0.307 e. The first-order chi connectivity index (χ1) is 9.52. The van der Waals surface area contributed by atoms with Crippen LogP contribution in [-0.2, 0) is 16.1 Å². The molecule has 0 atom stereocenters. The number of hydrogen-bond acceptors (Lipinski definition) is 4. The van der Waals surface area contributed by atoms with E-state index in [0.29, 0.717) is 12.2 Å². The third-order valence-corrected chi connectivity index (χ3v) is 2.63. The summed E-state index contributed by atoms with van der Waals surface area (Å²) in [6.07, 6.45) is 0.193. The van der Waals surface area contributed by atoms with Gasteiger partial charge < -0.3 is 15.0 Å². The summed E-state index contributed by atoms with van der Waals surface area (Å²) in [6.45, 7) is 3.24. The summed E-state index contributed by atoms with van der Waals surface area (Å²) >= 11 is 0. The van der Waals surface area contributed by atoms with E-state index < -0.39 is 0 Å². The zero-order valence-corrected chi connectivity index (χ0v) is 12.3. The van der Waals surface area contributed by atoms with Gasteiger partial charge in [-0.25, -0.2) is 0 Å². The van der Waals surface area contributed by atoms with Crippen molar-refractivity contribution < 1.29 is 14.3 Å². The average Bonchev–Trinajstić information content (AvgIpc) is 2.39. The molecule has 1 amide bonds. The fourth-order valence-corrected chi connectivity index (χ4v) is 1.74. The summed E-state index contributed by atoms with van der Waals surface area (Å²) in [5.41, 5.74) is 1.74. The predicted molar refractivity (Wildman–Crippen MR) is 77.4 cm³/mol. The minimum absolute atomic E-state index is 0.175. The second-order valence-corrected chi connectivity index (χ2v) is 4.75. The predicted octanol–water partition coefficient (Wildman–Crippen LogP) is 1.43. The first-order valence-electron chi connectivity index (χ1n) is 6.70. The lowest BCUT2D eigenvalue weighted by Gasteiger charge is -2.10. The van der Waals surface area contributed by atoms with Crippen LogP contribution in [0.15, 0.2) is 24.3 Å². The van der Waals surface area contributed by atoms with E-state index in [0.717, 1.165) is 12.1 Å². The largest absolute Gasteiger partial charge is 0.466 e. The van der Waals surface area contributed by atoms with E-state index in [1.807, 2.05) is 26.2 Å². The molecule has 0 saturated heterocycles. The highest BCUT2D eigenvalue weighted by molar-refractivity contribution is 5.94. The van der Waals surface area contributed by atoms with Gasteiger partial charge in [0.1, 0.15) is 0 Å². The second kappa shape index (κ2) is 8.32. The summed E-state index contributed by atoms with van der Waals surface area (Å²) in [6, 6.07) is 7.44. The standard InChI is InChI=1S/C15H22N2O3/c1-4-20-14(18)9-10-16-15(19)13-7-5-12(6-8-13)11-17(2)3/h5-8H,4,9-11H2,1-3H3,(H,16,19). The van der Waals surface area contributed by atoms with Gasteiger partial charge in [-0.1, -0.05) is 12.1 Å². The molecule has 5 nitrogen and oxygen atoms in total. The highest BCUT2D eigenvalue weighted by Crippen LogP contribution is 2.06. The van der Waals surface area contributed by atoms with E-state index in [1.54, 1.807) is 19.1 Å². The van der Waals surface area contributed by atoms with Gasteiger partial charge in [0.25, 0.3) is 5.91 Å². The number of hydrogen-bond donors (Lipinski definition) is 1. The van der Waals surface area contributed by atoms with Crippen molar-refractivity contribution >= 4 is 11.9 Å². The Hall–Kier alpha value is -1.88. The molecule has 0 spiro atoms. The number of esters is 1.